The van der Waals surface area contributed by atoms with E-state index in [-0.39, 0.29) is 0 Å². The van der Waals surface area contributed by atoms with Crippen molar-refractivity contribution >= 4 is 11.6 Å². The van der Waals surface area contributed by atoms with Crippen LogP contribution in [-0.2, 0) is 0 Å². The summed E-state index contributed by atoms with van der Waals surface area (Å²) < 4.78 is 0. The number of hydrogen-bond donors (Lipinski definition) is 1. The van der Waals surface area contributed by atoms with Crippen molar-refractivity contribution in [1.82, 2.24) is 0 Å². The van der Waals surface area contributed by atoms with Crippen LogP contribution in [0.4, 0.5) is 0 Å². The van der Waals surface area contributed by atoms with E-state index in [9.17, 15) is 5.11 Å². The van der Waals surface area contributed by atoms with Gasteiger partial charge in [-0.3, -0.25) is 0 Å². The van der Waals surface area contributed by atoms with Crippen LogP contribution in [0.15, 0.2) is 35.9 Å². The molecule has 0 aliphatic carbocycles. The standard InChI is InChI=1S/C15H21ClO/c1-3-5-7-12(6-4-2)15(17)13-8-10-14(16)11-9-13/h7-11,15,17H,3-6H2,1-2H3/b12-7+. The van der Waals surface area contributed by atoms with Gasteiger partial charge in [-0.15, -0.1) is 0 Å². The molecule has 0 spiro atoms. The van der Waals surface area contributed by atoms with Gasteiger partial charge in [0.05, 0.1) is 0 Å². The minimum atomic E-state index is -0.487. The lowest BCUT2D eigenvalue weighted by Gasteiger charge is -2.15. The summed E-state index contributed by atoms with van der Waals surface area (Å²) in [5.74, 6) is 0. The summed E-state index contributed by atoms with van der Waals surface area (Å²) in [6.07, 6.45) is 5.83. The molecule has 1 aromatic carbocycles. The maximum absolute atomic E-state index is 10.3. The maximum atomic E-state index is 10.3. The third-order valence-electron chi connectivity index (χ3n) is 2.77. The minimum Gasteiger partial charge on any atom is -0.384 e. The number of aliphatic hydroxyl groups excluding tert-OH is 1. The van der Waals surface area contributed by atoms with Crippen LogP contribution < -0.4 is 0 Å². The maximum Gasteiger partial charge on any atom is 0.100 e. The molecular formula is C15H21ClO. The highest BCUT2D eigenvalue weighted by Gasteiger charge is 2.12. The van der Waals surface area contributed by atoms with Gasteiger partial charge in [-0.25, -0.2) is 0 Å². The van der Waals surface area contributed by atoms with E-state index in [1.54, 1.807) is 0 Å². The number of benzene rings is 1. The zero-order valence-electron chi connectivity index (χ0n) is 10.6. The van der Waals surface area contributed by atoms with Crippen LogP contribution in [0.1, 0.15) is 51.2 Å². The predicted molar refractivity (Wildman–Crippen MR) is 74.3 cm³/mol. The Morgan fingerprint density at radius 2 is 1.88 bits per heavy atom. The molecule has 0 fully saturated rings. The van der Waals surface area contributed by atoms with Gasteiger partial charge in [0.15, 0.2) is 0 Å². The first kappa shape index (κ1) is 14.3. The summed E-state index contributed by atoms with van der Waals surface area (Å²) in [5, 5.41) is 11.0. The fraction of sp³-hybridized carbons (Fsp3) is 0.467. The molecule has 0 saturated carbocycles. The summed E-state index contributed by atoms with van der Waals surface area (Å²) >= 11 is 5.84. The van der Waals surface area contributed by atoms with Crippen molar-refractivity contribution in [2.75, 3.05) is 0 Å². The molecule has 0 heterocycles. The molecule has 94 valence electrons. The quantitative estimate of drug-likeness (QED) is 0.714. The molecule has 0 saturated heterocycles. The minimum absolute atomic E-state index is 0.487. The average molecular weight is 253 g/mol. The first-order valence-corrected chi connectivity index (χ1v) is 6.69. The second kappa shape index (κ2) is 7.52. The van der Waals surface area contributed by atoms with E-state index in [2.05, 4.69) is 19.9 Å². The van der Waals surface area contributed by atoms with E-state index in [0.29, 0.717) is 5.02 Å². The van der Waals surface area contributed by atoms with Gasteiger partial charge in [0.2, 0.25) is 0 Å². The molecule has 2 heteroatoms. The predicted octanol–water partition coefficient (Wildman–Crippen LogP) is 4.90. The topological polar surface area (TPSA) is 20.2 Å². The number of unbranched alkanes of at least 4 members (excludes halogenated alkanes) is 1. The van der Waals surface area contributed by atoms with E-state index in [0.717, 1.165) is 36.8 Å². The van der Waals surface area contributed by atoms with Crippen LogP contribution in [0.5, 0.6) is 0 Å². The Hall–Kier alpha value is -0.790. The van der Waals surface area contributed by atoms with Crippen molar-refractivity contribution in [2.24, 2.45) is 0 Å². The molecule has 1 unspecified atom stereocenters. The Morgan fingerprint density at radius 1 is 1.24 bits per heavy atom. The van der Waals surface area contributed by atoms with Gasteiger partial charge in [-0.05, 0) is 36.1 Å². The van der Waals surface area contributed by atoms with E-state index < -0.39 is 6.10 Å². The van der Waals surface area contributed by atoms with Gasteiger partial charge in [0.25, 0.3) is 0 Å². The zero-order chi connectivity index (χ0) is 12.7. The Labute approximate surface area is 109 Å². The summed E-state index contributed by atoms with van der Waals surface area (Å²) in [7, 11) is 0. The summed E-state index contributed by atoms with van der Waals surface area (Å²) in [6.45, 7) is 4.28. The molecule has 0 radical (unpaired) electrons. The second-order valence-electron chi connectivity index (χ2n) is 4.27. The highest BCUT2D eigenvalue weighted by molar-refractivity contribution is 6.30. The third kappa shape index (κ3) is 4.53. The highest BCUT2D eigenvalue weighted by Crippen LogP contribution is 2.26. The van der Waals surface area contributed by atoms with Gasteiger partial charge in [-0.2, -0.15) is 0 Å². The van der Waals surface area contributed by atoms with Crippen LogP contribution in [-0.4, -0.2) is 5.11 Å². The molecule has 1 aromatic rings. The molecule has 1 nitrogen and oxygen atoms in total. The summed E-state index contributed by atoms with van der Waals surface area (Å²) in [6, 6.07) is 7.43. The van der Waals surface area contributed by atoms with E-state index in [4.69, 9.17) is 11.6 Å². The summed E-state index contributed by atoms with van der Waals surface area (Å²) in [5.41, 5.74) is 2.04. The first-order chi connectivity index (χ1) is 8.19. The first-order valence-electron chi connectivity index (χ1n) is 6.31. The molecule has 0 bridgehead atoms. The molecule has 1 rings (SSSR count). The van der Waals surface area contributed by atoms with Crippen LogP contribution in [0.25, 0.3) is 0 Å². The molecular weight excluding hydrogens is 232 g/mol. The molecule has 0 aliphatic rings. The zero-order valence-corrected chi connectivity index (χ0v) is 11.4. The van der Waals surface area contributed by atoms with Gasteiger partial charge < -0.3 is 5.11 Å². The Kier molecular flexibility index (Phi) is 6.31. The van der Waals surface area contributed by atoms with Crippen molar-refractivity contribution in [1.29, 1.82) is 0 Å². The molecule has 1 N–H and O–H groups in total. The highest BCUT2D eigenvalue weighted by atomic mass is 35.5. The molecule has 0 amide bonds. The van der Waals surface area contributed by atoms with Gasteiger partial charge in [0.1, 0.15) is 6.10 Å². The van der Waals surface area contributed by atoms with Crippen molar-refractivity contribution in [3.05, 3.63) is 46.5 Å². The van der Waals surface area contributed by atoms with Crippen LogP contribution in [0.3, 0.4) is 0 Å². The second-order valence-corrected chi connectivity index (χ2v) is 4.71. The average Bonchev–Trinajstić information content (AvgIpc) is 2.34. The fourth-order valence-corrected chi connectivity index (χ4v) is 1.95. The van der Waals surface area contributed by atoms with Crippen LogP contribution in [0, 0.1) is 0 Å². The van der Waals surface area contributed by atoms with Gasteiger partial charge >= 0.3 is 0 Å². The number of rotatable bonds is 6. The molecule has 0 aliphatic heterocycles. The lowest BCUT2D eigenvalue weighted by atomic mass is 9.97. The monoisotopic (exact) mass is 252 g/mol. The number of hydrogen-bond acceptors (Lipinski definition) is 1. The fourth-order valence-electron chi connectivity index (χ4n) is 1.83. The van der Waals surface area contributed by atoms with Crippen LogP contribution in [0.2, 0.25) is 5.02 Å². The lowest BCUT2D eigenvalue weighted by molar-refractivity contribution is 0.210. The lowest BCUT2D eigenvalue weighted by Crippen LogP contribution is -2.01. The third-order valence-corrected chi connectivity index (χ3v) is 3.02. The SMILES string of the molecule is CCC/C=C(\CCC)C(O)c1ccc(Cl)cc1. The van der Waals surface area contributed by atoms with Crippen molar-refractivity contribution in [3.63, 3.8) is 0 Å². The van der Waals surface area contributed by atoms with E-state index >= 15 is 0 Å². The summed E-state index contributed by atoms with van der Waals surface area (Å²) in [4.78, 5) is 0. The molecule has 1 atom stereocenters. The smallest absolute Gasteiger partial charge is 0.100 e. The number of aliphatic hydroxyl groups is 1. The van der Waals surface area contributed by atoms with E-state index in [1.165, 1.54) is 0 Å². The van der Waals surface area contributed by atoms with Crippen LogP contribution >= 0.6 is 11.6 Å². The number of allylic oxidation sites excluding steroid dienone is 1. The normalized spacial score (nSPS) is 13.8. The molecule has 17 heavy (non-hydrogen) atoms. The Morgan fingerprint density at radius 3 is 2.41 bits per heavy atom. The van der Waals surface area contributed by atoms with Crippen molar-refractivity contribution in [2.45, 2.75) is 45.6 Å². The van der Waals surface area contributed by atoms with Gasteiger partial charge in [0, 0.05) is 5.02 Å². The van der Waals surface area contributed by atoms with Crippen molar-refractivity contribution < 1.29 is 5.11 Å². The Balaban J connectivity index is 2.83. The van der Waals surface area contributed by atoms with Gasteiger partial charge in [-0.1, -0.05) is 56.5 Å². The van der Waals surface area contributed by atoms with Crippen molar-refractivity contribution in [3.8, 4) is 0 Å². The number of halogens is 1. The Bertz CT molecular complexity index is 354. The largest absolute Gasteiger partial charge is 0.384 e. The van der Waals surface area contributed by atoms with E-state index in [1.807, 2.05) is 24.3 Å². The molecule has 0 aromatic heterocycles.